The van der Waals surface area contributed by atoms with Crippen molar-refractivity contribution in [2.75, 3.05) is 26.4 Å². The molecule has 3 heterocycles. The van der Waals surface area contributed by atoms with Gasteiger partial charge in [-0.05, 0) is 77.0 Å². The van der Waals surface area contributed by atoms with Crippen LogP contribution in [-0.4, -0.2) is 193 Å². The number of carbonyl (C=O) groups is 1. The molecule has 0 aromatic carbocycles. The third-order valence-corrected chi connectivity index (χ3v) is 14.9. The highest BCUT2D eigenvalue weighted by Crippen LogP contribution is 2.33. The molecule has 1 amide bonds. The van der Waals surface area contributed by atoms with Gasteiger partial charge in [-0.1, -0.05) is 187 Å². The van der Waals surface area contributed by atoms with E-state index < -0.39 is 124 Å². The van der Waals surface area contributed by atoms with Crippen LogP contribution in [0.25, 0.3) is 0 Å². The van der Waals surface area contributed by atoms with E-state index in [-0.39, 0.29) is 18.9 Å². The second-order valence-electron chi connectivity index (χ2n) is 21.8. The van der Waals surface area contributed by atoms with E-state index in [4.69, 9.17) is 28.4 Å². The summed E-state index contributed by atoms with van der Waals surface area (Å²) in [5, 5.41) is 120. The molecule has 19 heteroatoms. The molecule has 3 saturated heterocycles. The largest absolute Gasteiger partial charge is 0.394 e. The number of amides is 1. The Bertz CT molecular complexity index is 1950. The van der Waals surface area contributed by atoms with Crippen molar-refractivity contribution in [3.63, 3.8) is 0 Å². The monoisotopic (exact) mass is 1190 g/mol. The second kappa shape index (κ2) is 46.6. The Morgan fingerprint density at radius 2 is 0.810 bits per heavy atom. The maximum absolute atomic E-state index is 13.3. The molecule has 3 rings (SSSR count). The molecule has 0 bridgehead atoms. The van der Waals surface area contributed by atoms with Crippen LogP contribution >= 0.6 is 0 Å². The van der Waals surface area contributed by atoms with Gasteiger partial charge in [-0.25, -0.2) is 0 Å². The summed E-state index contributed by atoms with van der Waals surface area (Å²) in [7, 11) is 0. The van der Waals surface area contributed by atoms with Crippen LogP contribution in [0.3, 0.4) is 0 Å². The van der Waals surface area contributed by atoms with E-state index in [0.29, 0.717) is 25.7 Å². The predicted molar refractivity (Wildman–Crippen MR) is 323 cm³/mol. The van der Waals surface area contributed by atoms with Crippen LogP contribution < -0.4 is 5.32 Å². The number of nitrogens with one attached hydrogen (secondary N) is 1. The fraction of sp³-hybridized carbons (Fsp3) is 0.708. The van der Waals surface area contributed by atoms with Crippen LogP contribution in [0, 0.1) is 0 Å². The van der Waals surface area contributed by atoms with Gasteiger partial charge in [0.2, 0.25) is 5.91 Å². The molecule has 19 nitrogen and oxygen atoms in total. The Morgan fingerprint density at radius 3 is 1.24 bits per heavy atom. The number of hydrogen-bond acceptors (Lipinski definition) is 18. The number of carbonyl (C=O) groups excluding carboxylic acids is 1. The molecule has 0 aromatic rings. The molecule has 480 valence electrons. The quantitative estimate of drug-likeness (QED) is 0.0235. The molecular weight excluding hydrogens is 1080 g/mol. The molecule has 3 aliphatic rings. The van der Waals surface area contributed by atoms with Crippen molar-refractivity contribution in [1.29, 1.82) is 0 Å². The van der Waals surface area contributed by atoms with E-state index in [1.54, 1.807) is 0 Å². The molecule has 12 N–H and O–H groups in total. The summed E-state index contributed by atoms with van der Waals surface area (Å²) in [6.07, 6.45) is 33.4. The molecule has 17 unspecified atom stereocenters. The molecule has 0 spiro atoms. The van der Waals surface area contributed by atoms with Gasteiger partial charge in [0.1, 0.15) is 73.2 Å². The van der Waals surface area contributed by atoms with E-state index in [0.717, 1.165) is 83.5 Å². The minimum absolute atomic E-state index is 0.178. The average molecular weight is 1190 g/mol. The van der Waals surface area contributed by atoms with Crippen molar-refractivity contribution in [3.05, 3.63) is 109 Å². The van der Waals surface area contributed by atoms with Crippen molar-refractivity contribution >= 4 is 5.91 Å². The van der Waals surface area contributed by atoms with E-state index in [1.807, 2.05) is 6.08 Å². The highest BCUT2D eigenvalue weighted by Gasteiger charge is 2.53. The van der Waals surface area contributed by atoms with Crippen molar-refractivity contribution < 1.29 is 89.4 Å². The van der Waals surface area contributed by atoms with Gasteiger partial charge < -0.3 is 89.9 Å². The van der Waals surface area contributed by atoms with Gasteiger partial charge in [0.25, 0.3) is 0 Å². The Hall–Kier alpha value is -3.55. The second-order valence-corrected chi connectivity index (χ2v) is 21.8. The number of unbranched alkanes of at least 4 members (excludes halogenated alkanes) is 10. The molecule has 84 heavy (non-hydrogen) atoms. The van der Waals surface area contributed by atoms with Crippen molar-refractivity contribution in [3.8, 4) is 0 Å². The van der Waals surface area contributed by atoms with Crippen LogP contribution in [-0.2, 0) is 33.2 Å². The topological polar surface area (TPSA) is 307 Å². The van der Waals surface area contributed by atoms with E-state index >= 15 is 0 Å². The predicted octanol–water partition coefficient (Wildman–Crippen LogP) is 6.31. The zero-order valence-electron chi connectivity index (χ0n) is 50.1. The highest BCUT2D eigenvalue weighted by molar-refractivity contribution is 5.76. The van der Waals surface area contributed by atoms with Gasteiger partial charge in [-0.3, -0.25) is 4.79 Å². The number of aliphatic hydroxyl groups excluding tert-OH is 11. The Morgan fingerprint density at radius 1 is 0.440 bits per heavy atom. The molecule has 0 aliphatic carbocycles. The maximum atomic E-state index is 13.3. The first-order chi connectivity index (χ1) is 40.8. The number of aliphatic hydroxyl groups is 11. The molecule has 0 radical (unpaired) electrons. The minimum atomic E-state index is -1.98. The summed E-state index contributed by atoms with van der Waals surface area (Å²) in [4.78, 5) is 13.3. The van der Waals surface area contributed by atoms with Crippen molar-refractivity contribution in [2.45, 2.75) is 266 Å². The van der Waals surface area contributed by atoms with E-state index in [1.165, 1.54) is 32.1 Å². The first-order valence-electron chi connectivity index (χ1n) is 31.1. The summed E-state index contributed by atoms with van der Waals surface area (Å²) >= 11 is 0. The fourth-order valence-corrected chi connectivity index (χ4v) is 9.78. The van der Waals surface area contributed by atoms with Crippen LogP contribution in [0.15, 0.2) is 109 Å². The molecule has 3 aliphatic heterocycles. The lowest BCUT2D eigenvalue weighted by atomic mass is 9.96. The number of ether oxygens (including phenoxy) is 6. The molecule has 3 fully saturated rings. The van der Waals surface area contributed by atoms with E-state index in [9.17, 15) is 61.0 Å². The van der Waals surface area contributed by atoms with Gasteiger partial charge in [-0.15, -0.1) is 0 Å². The molecule has 0 saturated carbocycles. The third-order valence-electron chi connectivity index (χ3n) is 14.9. The van der Waals surface area contributed by atoms with Gasteiger partial charge in [0, 0.05) is 6.42 Å². The summed E-state index contributed by atoms with van der Waals surface area (Å²) in [5.74, 6) is -0.308. The molecular formula is C65H107NO18. The SMILES string of the molecule is CC/C=C\C/C=C\C/C=C\C/C=C\C/C=C\C/C=C\C/C=C\C/C=C\C/C=C\CCCC(=O)NC(COC1OC(CO)C(OC2OC(CO)C(OC3OC(CO)C(O)C(O)C3O)C(O)C2O)C(O)C1O)C(O)CCCCCCCCCCCC. The smallest absolute Gasteiger partial charge is 0.220 e. The number of rotatable bonds is 44. The Kier molecular flexibility index (Phi) is 41.4. The van der Waals surface area contributed by atoms with Crippen LogP contribution in [0.4, 0.5) is 0 Å². The normalized spacial score (nSPS) is 29.9. The van der Waals surface area contributed by atoms with Gasteiger partial charge in [0.15, 0.2) is 18.9 Å². The zero-order chi connectivity index (χ0) is 61.2. The van der Waals surface area contributed by atoms with Crippen LogP contribution in [0.2, 0.25) is 0 Å². The first kappa shape index (κ1) is 74.7. The summed E-state index contributed by atoms with van der Waals surface area (Å²) in [6, 6.07) is -0.924. The summed E-state index contributed by atoms with van der Waals surface area (Å²) < 4.78 is 34.2. The van der Waals surface area contributed by atoms with E-state index in [2.05, 4.69) is 122 Å². The highest BCUT2D eigenvalue weighted by atomic mass is 16.8. The lowest BCUT2D eigenvalue weighted by molar-refractivity contribution is -0.379. The number of allylic oxidation sites excluding steroid dienone is 18. The van der Waals surface area contributed by atoms with Crippen LogP contribution in [0.1, 0.15) is 162 Å². The molecule has 17 atom stereocenters. The first-order valence-corrected chi connectivity index (χ1v) is 31.1. The Balaban J connectivity index is 1.44. The minimum Gasteiger partial charge on any atom is -0.394 e. The Labute approximate surface area is 500 Å². The average Bonchev–Trinajstić information content (AvgIpc) is 2.80. The summed E-state index contributed by atoms with van der Waals surface area (Å²) in [5.41, 5.74) is 0. The lowest BCUT2D eigenvalue weighted by Gasteiger charge is -2.48. The standard InChI is InChI=1S/C65H107NO18/c1-3-5-7-9-11-13-15-16-17-18-19-20-21-22-23-24-25-26-27-28-29-30-31-32-33-35-37-39-41-43-53(71)66-48(49(70)42-40-38-36-34-14-12-10-8-6-4-2)47-79-63-59(77)56(74)61(51(45-68)81-63)84-65-60(78)57(75)62(52(46-69)82-65)83-64-58(76)55(73)54(72)50(44-67)80-64/h5,7,11,13,16-17,19-20,22-23,25-26,28-29,31-32,35,37,48-52,54-65,67-70,72-78H,3-4,6,8-10,12,14-15,18,21,24,27,30,33-34,36,38-47H2,1-2H3,(H,66,71)/b7-5-,13-11-,17-16-,20-19-,23-22-,26-25-,29-28-,32-31-,37-35-. The third kappa shape index (κ3) is 29.4. The molecule has 0 aromatic heterocycles. The fourth-order valence-electron chi connectivity index (χ4n) is 9.78. The number of hydrogen-bond donors (Lipinski definition) is 12. The summed E-state index contributed by atoms with van der Waals surface area (Å²) in [6.45, 7) is 1.57. The van der Waals surface area contributed by atoms with Crippen molar-refractivity contribution in [2.24, 2.45) is 0 Å². The lowest BCUT2D eigenvalue weighted by Crippen LogP contribution is -2.66. The van der Waals surface area contributed by atoms with Crippen molar-refractivity contribution in [1.82, 2.24) is 5.32 Å². The van der Waals surface area contributed by atoms with Gasteiger partial charge in [-0.2, -0.15) is 0 Å². The van der Waals surface area contributed by atoms with Crippen LogP contribution in [0.5, 0.6) is 0 Å². The zero-order valence-corrected chi connectivity index (χ0v) is 50.1. The maximum Gasteiger partial charge on any atom is 0.220 e. The van der Waals surface area contributed by atoms with Gasteiger partial charge in [0.05, 0.1) is 38.6 Å². The van der Waals surface area contributed by atoms with Gasteiger partial charge >= 0.3 is 0 Å².